The van der Waals surface area contributed by atoms with Crippen LogP contribution in [0.25, 0.3) is 0 Å². The van der Waals surface area contributed by atoms with Crippen molar-refractivity contribution in [2.45, 2.75) is 49.7 Å². The molecule has 2 atom stereocenters. The zero-order valence-corrected chi connectivity index (χ0v) is 14.6. The molecule has 23 heavy (non-hydrogen) atoms. The summed E-state index contributed by atoms with van der Waals surface area (Å²) in [5.74, 6) is -0.859. The van der Waals surface area contributed by atoms with Gasteiger partial charge in [-0.2, -0.15) is 0 Å². The van der Waals surface area contributed by atoms with E-state index in [0.717, 1.165) is 0 Å². The molecule has 7 nitrogen and oxygen atoms in total. The van der Waals surface area contributed by atoms with E-state index in [4.69, 9.17) is 9.84 Å². The van der Waals surface area contributed by atoms with Gasteiger partial charge >= 0.3 is 12.1 Å². The molecule has 2 amide bonds. The second kappa shape index (κ2) is 6.98. The third kappa shape index (κ3) is 4.76. The van der Waals surface area contributed by atoms with Gasteiger partial charge in [0.1, 0.15) is 10.9 Å². The minimum absolute atomic E-state index is 0.0115. The third-order valence-corrected chi connectivity index (χ3v) is 5.35. The van der Waals surface area contributed by atoms with E-state index >= 15 is 0 Å². The number of rotatable bonds is 2. The van der Waals surface area contributed by atoms with Crippen molar-refractivity contribution in [3.63, 3.8) is 0 Å². The van der Waals surface area contributed by atoms with Gasteiger partial charge in [-0.15, -0.1) is 11.8 Å². The van der Waals surface area contributed by atoms with Crippen LogP contribution in [0.5, 0.6) is 0 Å². The molecule has 2 fully saturated rings. The fourth-order valence-electron chi connectivity index (χ4n) is 2.64. The van der Waals surface area contributed by atoms with E-state index in [-0.39, 0.29) is 17.3 Å². The molecule has 0 aliphatic carbocycles. The number of amides is 2. The number of thioether (sulfide) groups is 1. The number of piperazine rings is 1. The van der Waals surface area contributed by atoms with Gasteiger partial charge in [-0.25, -0.2) is 4.79 Å². The molecule has 2 rings (SSSR count). The smallest absolute Gasteiger partial charge is 0.410 e. The quantitative estimate of drug-likeness (QED) is 0.815. The Bertz CT molecular complexity index is 483. The third-order valence-electron chi connectivity index (χ3n) is 3.81. The molecular weight excluding hydrogens is 320 g/mol. The van der Waals surface area contributed by atoms with Gasteiger partial charge in [-0.05, 0) is 33.6 Å². The maximum Gasteiger partial charge on any atom is 0.410 e. The lowest BCUT2D eigenvalue weighted by atomic mass is 10.1. The van der Waals surface area contributed by atoms with Gasteiger partial charge in [-0.1, -0.05) is 0 Å². The van der Waals surface area contributed by atoms with Gasteiger partial charge in [-0.3, -0.25) is 9.59 Å². The van der Waals surface area contributed by atoms with E-state index in [1.807, 2.05) is 20.8 Å². The van der Waals surface area contributed by atoms with Crippen LogP contribution in [0.2, 0.25) is 0 Å². The standard InChI is InChI=1S/C15H24N2O5S/c1-15(2,3)22-14(21)17-8-6-16(7-9-17)12(18)10-4-5-11(23-10)13(19)20/h10-11H,4-9H2,1-3H3,(H,19,20)/t10-,11-/m0/s1. The van der Waals surface area contributed by atoms with E-state index in [9.17, 15) is 14.4 Å². The minimum atomic E-state index is -0.847. The lowest BCUT2D eigenvalue weighted by Gasteiger charge is -2.36. The Morgan fingerprint density at radius 3 is 2.00 bits per heavy atom. The van der Waals surface area contributed by atoms with Crippen molar-refractivity contribution < 1.29 is 24.2 Å². The first kappa shape index (κ1) is 17.9. The molecule has 0 radical (unpaired) electrons. The van der Waals surface area contributed by atoms with Gasteiger partial charge in [0, 0.05) is 26.2 Å². The zero-order valence-electron chi connectivity index (χ0n) is 13.8. The fraction of sp³-hybridized carbons (Fsp3) is 0.800. The van der Waals surface area contributed by atoms with Gasteiger partial charge < -0.3 is 19.6 Å². The van der Waals surface area contributed by atoms with Crippen LogP contribution in [-0.4, -0.2) is 75.2 Å². The molecule has 0 unspecified atom stereocenters. The number of carboxylic acids is 1. The number of carboxylic acid groups (broad SMARTS) is 1. The van der Waals surface area contributed by atoms with E-state index in [0.29, 0.717) is 39.0 Å². The normalized spacial score (nSPS) is 25.3. The lowest BCUT2D eigenvalue weighted by molar-refractivity contribution is -0.136. The Morgan fingerprint density at radius 2 is 1.52 bits per heavy atom. The van der Waals surface area contributed by atoms with Crippen LogP contribution >= 0.6 is 11.8 Å². The Hall–Kier alpha value is -1.44. The topological polar surface area (TPSA) is 87.2 Å². The zero-order chi connectivity index (χ0) is 17.2. The van der Waals surface area contributed by atoms with Gasteiger partial charge in [0.15, 0.2) is 0 Å². The fourth-order valence-corrected chi connectivity index (χ4v) is 3.96. The number of carbonyl (C=O) groups is 3. The summed E-state index contributed by atoms with van der Waals surface area (Å²) in [5, 5.41) is 8.25. The van der Waals surface area contributed by atoms with Crippen molar-refractivity contribution in [1.29, 1.82) is 0 Å². The monoisotopic (exact) mass is 344 g/mol. The van der Waals surface area contributed by atoms with Crippen molar-refractivity contribution in [3.05, 3.63) is 0 Å². The SMILES string of the molecule is CC(C)(C)OC(=O)N1CCN(C(=O)[C@@H]2CC[C@@H](C(=O)O)S2)CC1. The Labute approximate surface area is 140 Å². The minimum Gasteiger partial charge on any atom is -0.480 e. The molecule has 2 heterocycles. The first-order valence-corrected chi connectivity index (χ1v) is 8.76. The van der Waals surface area contributed by atoms with Crippen molar-refractivity contribution >= 4 is 29.7 Å². The molecule has 8 heteroatoms. The van der Waals surface area contributed by atoms with Crippen molar-refractivity contribution in [1.82, 2.24) is 9.80 Å². The van der Waals surface area contributed by atoms with E-state index < -0.39 is 16.8 Å². The second-order valence-electron chi connectivity index (χ2n) is 6.82. The molecule has 2 saturated heterocycles. The first-order chi connectivity index (χ1) is 10.7. The molecule has 1 N–H and O–H groups in total. The molecule has 2 aliphatic rings. The summed E-state index contributed by atoms with van der Waals surface area (Å²) in [7, 11) is 0. The molecule has 130 valence electrons. The van der Waals surface area contributed by atoms with Gasteiger partial charge in [0.2, 0.25) is 5.91 Å². The van der Waals surface area contributed by atoms with E-state index in [2.05, 4.69) is 0 Å². The first-order valence-electron chi connectivity index (χ1n) is 7.82. The van der Waals surface area contributed by atoms with Crippen LogP contribution in [0.4, 0.5) is 4.79 Å². The molecule has 2 aliphatic heterocycles. The molecule has 0 bridgehead atoms. The van der Waals surface area contributed by atoms with Crippen molar-refractivity contribution in [2.24, 2.45) is 0 Å². The van der Waals surface area contributed by atoms with Crippen molar-refractivity contribution in [3.8, 4) is 0 Å². The predicted octanol–water partition coefficient (Wildman–Crippen LogP) is 1.41. The van der Waals surface area contributed by atoms with E-state index in [1.165, 1.54) is 11.8 Å². The summed E-state index contributed by atoms with van der Waals surface area (Å²) < 4.78 is 5.33. The summed E-state index contributed by atoms with van der Waals surface area (Å²) >= 11 is 1.24. The number of carbonyl (C=O) groups excluding carboxylic acids is 2. The molecule has 0 aromatic heterocycles. The Balaban J connectivity index is 1.81. The number of ether oxygens (including phenoxy) is 1. The predicted molar refractivity (Wildman–Crippen MR) is 86.4 cm³/mol. The van der Waals surface area contributed by atoms with Crippen LogP contribution in [0.3, 0.4) is 0 Å². The summed E-state index contributed by atoms with van der Waals surface area (Å²) in [6.07, 6.45) is 0.784. The molecule has 0 aromatic rings. The maximum absolute atomic E-state index is 12.5. The highest BCUT2D eigenvalue weighted by Crippen LogP contribution is 2.35. The van der Waals surface area contributed by atoms with Crippen molar-refractivity contribution in [2.75, 3.05) is 26.2 Å². The summed E-state index contributed by atoms with van der Waals surface area (Å²) in [6, 6.07) is 0. The van der Waals surface area contributed by atoms with Gasteiger partial charge in [0.25, 0.3) is 0 Å². The van der Waals surface area contributed by atoms with Crippen LogP contribution < -0.4 is 0 Å². The molecular formula is C15H24N2O5S. The van der Waals surface area contributed by atoms with E-state index in [1.54, 1.807) is 9.80 Å². The molecule has 0 aromatic carbocycles. The molecule has 0 spiro atoms. The number of hydrogen-bond acceptors (Lipinski definition) is 5. The Kier molecular flexibility index (Phi) is 5.44. The number of aliphatic carboxylic acids is 1. The maximum atomic E-state index is 12.5. The summed E-state index contributed by atoms with van der Waals surface area (Å²) in [6.45, 7) is 7.28. The number of hydrogen-bond donors (Lipinski definition) is 1. The molecule has 0 saturated carbocycles. The van der Waals surface area contributed by atoms with Crippen LogP contribution in [0.15, 0.2) is 0 Å². The Morgan fingerprint density at radius 1 is 1.00 bits per heavy atom. The summed E-state index contributed by atoms with van der Waals surface area (Å²) in [5.41, 5.74) is -0.531. The van der Waals surface area contributed by atoms with Crippen LogP contribution in [-0.2, 0) is 14.3 Å². The van der Waals surface area contributed by atoms with Crippen LogP contribution in [0, 0.1) is 0 Å². The highest BCUT2D eigenvalue weighted by Gasteiger charge is 2.37. The highest BCUT2D eigenvalue weighted by atomic mass is 32.2. The average Bonchev–Trinajstić information content (AvgIpc) is 2.95. The van der Waals surface area contributed by atoms with Crippen LogP contribution in [0.1, 0.15) is 33.6 Å². The highest BCUT2D eigenvalue weighted by molar-refractivity contribution is 8.02. The largest absolute Gasteiger partial charge is 0.480 e. The summed E-state index contributed by atoms with van der Waals surface area (Å²) in [4.78, 5) is 38.8. The number of nitrogens with zero attached hydrogens (tertiary/aromatic N) is 2. The van der Waals surface area contributed by atoms with Gasteiger partial charge in [0.05, 0.1) is 5.25 Å². The second-order valence-corrected chi connectivity index (χ2v) is 8.23. The lowest BCUT2D eigenvalue weighted by Crippen LogP contribution is -2.53. The average molecular weight is 344 g/mol.